The largest absolute Gasteiger partial charge is 0.418 e. The van der Waals surface area contributed by atoms with Crippen molar-refractivity contribution < 1.29 is 27.2 Å². The number of hydrogen-bond acceptors (Lipinski definition) is 5. The number of nitrogens with zero attached hydrogens (tertiary/aromatic N) is 3. The third-order valence-corrected chi connectivity index (χ3v) is 6.01. The summed E-state index contributed by atoms with van der Waals surface area (Å²) in [6.07, 6.45) is -1.46. The van der Waals surface area contributed by atoms with Crippen molar-refractivity contribution >= 4 is 11.7 Å². The fourth-order valence-electron chi connectivity index (χ4n) is 4.22. The van der Waals surface area contributed by atoms with Gasteiger partial charge in [-0.05, 0) is 37.8 Å². The molecule has 1 aromatic heterocycles. The highest BCUT2D eigenvalue weighted by Gasteiger charge is 2.40. The molecule has 2 amide bonds. The Bertz CT molecular complexity index is 927. The van der Waals surface area contributed by atoms with Crippen LogP contribution in [0.5, 0.6) is 0 Å². The van der Waals surface area contributed by atoms with Crippen molar-refractivity contribution in [3.8, 4) is 0 Å². The van der Waals surface area contributed by atoms with Crippen LogP contribution in [0.3, 0.4) is 0 Å². The number of rotatable bonds is 3. The molecule has 3 heterocycles. The van der Waals surface area contributed by atoms with E-state index in [1.54, 1.807) is 0 Å². The second-order valence-electron chi connectivity index (χ2n) is 8.40. The molecule has 0 aliphatic carbocycles. The minimum absolute atomic E-state index is 0.167. The summed E-state index contributed by atoms with van der Waals surface area (Å²) in [5.41, 5.74) is -1.66. The lowest BCUT2D eigenvalue weighted by molar-refractivity contribution is -0.136. The van der Waals surface area contributed by atoms with E-state index in [4.69, 9.17) is 9.26 Å². The number of carbonyl (C=O) groups is 1. The van der Waals surface area contributed by atoms with Gasteiger partial charge >= 0.3 is 12.2 Å². The Labute approximate surface area is 177 Å². The van der Waals surface area contributed by atoms with Crippen molar-refractivity contribution in [1.82, 2.24) is 15.0 Å². The van der Waals surface area contributed by atoms with E-state index in [9.17, 15) is 18.0 Å². The van der Waals surface area contributed by atoms with E-state index in [2.05, 4.69) is 15.5 Å². The molecule has 10 heteroatoms. The van der Waals surface area contributed by atoms with E-state index in [1.807, 2.05) is 6.92 Å². The first kappa shape index (κ1) is 21.6. The molecule has 2 aromatic rings. The molecular weight excluding hydrogens is 413 g/mol. The zero-order valence-electron chi connectivity index (χ0n) is 17.2. The predicted molar refractivity (Wildman–Crippen MR) is 106 cm³/mol. The van der Waals surface area contributed by atoms with Crippen LogP contribution in [0.2, 0.25) is 0 Å². The smallest absolute Gasteiger partial charge is 0.381 e. The molecule has 2 aliphatic heterocycles. The third kappa shape index (κ3) is 4.68. The van der Waals surface area contributed by atoms with Crippen molar-refractivity contribution in [2.45, 2.75) is 50.1 Å². The number of amides is 2. The van der Waals surface area contributed by atoms with Gasteiger partial charge in [0.05, 0.1) is 11.3 Å². The molecule has 1 atom stereocenters. The number of carbonyl (C=O) groups excluding carboxylic acids is 1. The van der Waals surface area contributed by atoms with E-state index >= 15 is 0 Å². The minimum atomic E-state index is -4.55. The molecule has 1 unspecified atom stereocenters. The van der Waals surface area contributed by atoms with Crippen LogP contribution >= 0.6 is 0 Å². The number of halogens is 3. The number of nitrogens with one attached hydrogen (secondary N) is 1. The average molecular weight is 438 g/mol. The summed E-state index contributed by atoms with van der Waals surface area (Å²) in [7, 11) is 0. The van der Waals surface area contributed by atoms with Gasteiger partial charge in [0.1, 0.15) is 0 Å². The number of piperidine rings is 1. The average Bonchev–Trinajstić information content (AvgIpc) is 3.25. The van der Waals surface area contributed by atoms with Crippen molar-refractivity contribution in [1.29, 1.82) is 0 Å². The Morgan fingerprint density at radius 2 is 2.00 bits per heavy atom. The second kappa shape index (κ2) is 8.49. The van der Waals surface area contributed by atoms with Crippen LogP contribution in [0.15, 0.2) is 28.8 Å². The highest BCUT2D eigenvalue weighted by atomic mass is 19.4. The van der Waals surface area contributed by atoms with E-state index in [0.29, 0.717) is 44.4 Å². The van der Waals surface area contributed by atoms with Crippen LogP contribution in [0, 0.1) is 0 Å². The molecule has 168 valence electrons. The van der Waals surface area contributed by atoms with Gasteiger partial charge in [0.15, 0.2) is 5.82 Å². The predicted octanol–water partition coefficient (Wildman–Crippen LogP) is 4.57. The van der Waals surface area contributed by atoms with Gasteiger partial charge in [-0.25, -0.2) is 4.79 Å². The van der Waals surface area contributed by atoms with Crippen molar-refractivity contribution in [3.63, 3.8) is 0 Å². The maximum absolute atomic E-state index is 13.2. The molecule has 0 bridgehead atoms. The minimum Gasteiger partial charge on any atom is -0.381 e. The molecule has 7 nitrogen and oxygen atoms in total. The van der Waals surface area contributed by atoms with Crippen LogP contribution in [0.1, 0.15) is 55.8 Å². The lowest BCUT2D eigenvalue weighted by atomic mass is 9.81. The van der Waals surface area contributed by atoms with E-state index in [1.165, 1.54) is 23.1 Å². The normalized spacial score (nSPS) is 23.0. The molecule has 2 aliphatic rings. The third-order valence-electron chi connectivity index (χ3n) is 6.01. The van der Waals surface area contributed by atoms with Crippen molar-refractivity contribution in [3.05, 3.63) is 41.5 Å². The molecular formula is C21H25F3N4O3. The Hall–Kier alpha value is -2.62. The first-order chi connectivity index (χ1) is 14.8. The standard InChI is InChI=1S/C21H25F3N4O3/c1-20(18-26-17(31-27-18)14-7-11-30-12-8-14)9-4-10-28(13-20)19(29)25-16-6-3-2-5-15(16)21(22,23)24/h2-3,5-6,14H,4,7-13H2,1H3,(H,25,29). The van der Waals surface area contributed by atoms with Gasteiger partial charge in [0, 0.05) is 37.6 Å². The summed E-state index contributed by atoms with van der Waals surface area (Å²) in [6, 6.07) is 4.39. The summed E-state index contributed by atoms with van der Waals surface area (Å²) in [4.78, 5) is 18.9. The maximum Gasteiger partial charge on any atom is 0.418 e. The van der Waals surface area contributed by atoms with Gasteiger partial charge < -0.3 is 19.5 Å². The van der Waals surface area contributed by atoms with Crippen molar-refractivity contribution in [2.75, 3.05) is 31.6 Å². The lowest BCUT2D eigenvalue weighted by Crippen LogP contribution is -2.49. The van der Waals surface area contributed by atoms with Gasteiger partial charge in [-0.15, -0.1) is 0 Å². The summed E-state index contributed by atoms with van der Waals surface area (Å²) < 4.78 is 50.6. The summed E-state index contributed by atoms with van der Waals surface area (Å²) >= 11 is 0. The highest BCUT2D eigenvalue weighted by molar-refractivity contribution is 5.90. The quantitative estimate of drug-likeness (QED) is 0.760. The lowest BCUT2D eigenvalue weighted by Gasteiger charge is -2.38. The molecule has 31 heavy (non-hydrogen) atoms. The van der Waals surface area contributed by atoms with Crippen LogP contribution in [-0.4, -0.2) is 47.4 Å². The first-order valence-corrected chi connectivity index (χ1v) is 10.4. The molecule has 1 aromatic carbocycles. The van der Waals surface area contributed by atoms with E-state index in [-0.39, 0.29) is 11.6 Å². The molecule has 1 N–H and O–H groups in total. The van der Waals surface area contributed by atoms with Gasteiger partial charge in [0.2, 0.25) is 5.89 Å². The fraction of sp³-hybridized carbons (Fsp3) is 0.571. The molecule has 2 fully saturated rings. The van der Waals surface area contributed by atoms with E-state index < -0.39 is 23.2 Å². The number of ether oxygens (including phenoxy) is 1. The van der Waals surface area contributed by atoms with Crippen LogP contribution in [0.4, 0.5) is 23.7 Å². The van der Waals surface area contributed by atoms with Crippen LogP contribution in [-0.2, 0) is 16.3 Å². The molecule has 0 radical (unpaired) electrons. The number of alkyl halides is 3. The number of anilines is 1. The monoisotopic (exact) mass is 438 g/mol. The molecule has 0 spiro atoms. The molecule has 4 rings (SSSR count). The van der Waals surface area contributed by atoms with Crippen LogP contribution in [0.25, 0.3) is 0 Å². The SMILES string of the molecule is CC1(c2noc(C3CCOCC3)n2)CCCN(C(=O)Nc2ccccc2C(F)(F)F)C1. The number of likely N-dealkylation sites (tertiary alicyclic amines) is 1. The van der Waals surface area contributed by atoms with Gasteiger partial charge in [-0.2, -0.15) is 18.2 Å². The highest BCUT2D eigenvalue weighted by Crippen LogP contribution is 2.36. The number of hydrogen-bond donors (Lipinski definition) is 1. The Balaban J connectivity index is 1.47. The Kier molecular flexibility index (Phi) is 5.92. The maximum atomic E-state index is 13.2. The Morgan fingerprint density at radius 1 is 1.26 bits per heavy atom. The van der Waals surface area contributed by atoms with Crippen molar-refractivity contribution in [2.24, 2.45) is 0 Å². The zero-order chi connectivity index (χ0) is 22.1. The fourth-order valence-corrected chi connectivity index (χ4v) is 4.22. The molecule has 0 saturated carbocycles. The van der Waals surface area contributed by atoms with Crippen LogP contribution < -0.4 is 5.32 Å². The van der Waals surface area contributed by atoms with Gasteiger partial charge in [0.25, 0.3) is 0 Å². The number of benzene rings is 1. The Morgan fingerprint density at radius 3 is 2.74 bits per heavy atom. The summed E-state index contributed by atoms with van der Waals surface area (Å²) in [5.74, 6) is 1.28. The second-order valence-corrected chi connectivity index (χ2v) is 8.40. The van der Waals surface area contributed by atoms with Gasteiger partial charge in [-0.1, -0.05) is 24.2 Å². The number of urea groups is 1. The summed E-state index contributed by atoms with van der Waals surface area (Å²) in [5, 5.41) is 6.60. The van der Waals surface area contributed by atoms with Gasteiger partial charge in [-0.3, -0.25) is 0 Å². The van der Waals surface area contributed by atoms with E-state index in [0.717, 1.165) is 25.3 Å². The first-order valence-electron chi connectivity index (χ1n) is 10.4. The zero-order valence-corrected chi connectivity index (χ0v) is 17.2. The summed E-state index contributed by atoms with van der Waals surface area (Å²) in [6.45, 7) is 4.01. The topological polar surface area (TPSA) is 80.5 Å². The molecule has 2 saturated heterocycles. The number of aromatic nitrogens is 2. The number of para-hydroxylation sites is 1.